The van der Waals surface area contributed by atoms with Gasteiger partial charge in [0.25, 0.3) is 0 Å². The van der Waals surface area contributed by atoms with Gasteiger partial charge < -0.3 is 9.84 Å². The standard InChI is InChI=1S/C18H16N4O4/c23-15(9-13-2-1-3-14(8-13)18(24)25)11-26-16-6-4-12(5-7-16)10-17-19-21-22-20-17/h1-8H,9-11H2,(H,24,25)(H,19,20,21,22). The molecule has 0 fully saturated rings. The summed E-state index contributed by atoms with van der Waals surface area (Å²) in [6.45, 7) is -0.0819. The molecule has 0 atom stereocenters. The summed E-state index contributed by atoms with van der Waals surface area (Å²) in [7, 11) is 0. The third kappa shape index (κ3) is 4.73. The average molecular weight is 352 g/mol. The van der Waals surface area contributed by atoms with Gasteiger partial charge in [0.15, 0.2) is 11.6 Å². The van der Waals surface area contributed by atoms with E-state index in [9.17, 15) is 9.59 Å². The number of benzene rings is 2. The summed E-state index contributed by atoms with van der Waals surface area (Å²) >= 11 is 0. The molecule has 0 saturated carbocycles. The van der Waals surface area contributed by atoms with Gasteiger partial charge in [-0.15, -0.1) is 10.2 Å². The van der Waals surface area contributed by atoms with Gasteiger partial charge in [-0.05, 0) is 35.4 Å². The molecule has 0 radical (unpaired) electrons. The van der Waals surface area contributed by atoms with Crippen molar-refractivity contribution in [1.29, 1.82) is 0 Å². The molecular weight excluding hydrogens is 336 g/mol. The van der Waals surface area contributed by atoms with Crippen LogP contribution in [0, 0.1) is 0 Å². The van der Waals surface area contributed by atoms with Crippen LogP contribution in [0.4, 0.5) is 0 Å². The molecule has 0 amide bonds. The zero-order chi connectivity index (χ0) is 18.4. The second-order valence-electron chi connectivity index (χ2n) is 5.66. The Bertz CT molecular complexity index is 892. The zero-order valence-corrected chi connectivity index (χ0v) is 13.8. The Labute approximate surface area is 148 Å². The van der Waals surface area contributed by atoms with Crippen molar-refractivity contribution in [2.45, 2.75) is 12.8 Å². The highest BCUT2D eigenvalue weighted by Gasteiger charge is 2.08. The van der Waals surface area contributed by atoms with E-state index in [-0.39, 0.29) is 24.4 Å². The maximum absolute atomic E-state index is 12.0. The second-order valence-corrected chi connectivity index (χ2v) is 5.66. The van der Waals surface area contributed by atoms with Crippen LogP contribution in [-0.4, -0.2) is 44.1 Å². The van der Waals surface area contributed by atoms with Crippen LogP contribution in [0.2, 0.25) is 0 Å². The van der Waals surface area contributed by atoms with E-state index in [1.807, 2.05) is 12.1 Å². The Kier molecular flexibility index (Phi) is 5.33. The molecule has 3 aromatic rings. The fourth-order valence-electron chi connectivity index (χ4n) is 2.40. The maximum Gasteiger partial charge on any atom is 0.335 e. The molecule has 0 aliphatic carbocycles. The minimum absolute atomic E-state index is 0.0819. The third-order valence-corrected chi connectivity index (χ3v) is 3.65. The van der Waals surface area contributed by atoms with E-state index >= 15 is 0 Å². The van der Waals surface area contributed by atoms with Crippen molar-refractivity contribution in [3.63, 3.8) is 0 Å². The highest BCUT2D eigenvalue weighted by atomic mass is 16.5. The summed E-state index contributed by atoms with van der Waals surface area (Å²) in [6, 6.07) is 13.6. The van der Waals surface area contributed by atoms with Gasteiger partial charge in [-0.1, -0.05) is 29.5 Å². The van der Waals surface area contributed by atoms with Gasteiger partial charge in [0.1, 0.15) is 12.4 Å². The Morgan fingerprint density at radius 1 is 1.08 bits per heavy atom. The molecule has 8 nitrogen and oxygen atoms in total. The SMILES string of the molecule is O=C(COc1ccc(Cc2nn[nH]n2)cc1)Cc1cccc(C(=O)O)c1. The van der Waals surface area contributed by atoms with Gasteiger partial charge in [0, 0.05) is 12.8 Å². The van der Waals surface area contributed by atoms with Crippen molar-refractivity contribution in [3.8, 4) is 5.75 Å². The number of hydrogen-bond acceptors (Lipinski definition) is 6. The molecule has 8 heteroatoms. The van der Waals surface area contributed by atoms with E-state index in [4.69, 9.17) is 9.84 Å². The molecule has 2 aromatic carbocycles. The second kappa shape index (κ2) is 8.02. The molecule has 132 valence electrons. The number of aromatic carboxylic acids is 1. The lowest BCUT2D eigenvalue weighted by Gasteiger charge is -2.07. The molecule has 0 saturated heterocycles. The number of aromatic amines is 1. The summed E-state index contributed by atoms with van der Waals surface area (Å²) in [5.41, 5.74) is 1.80. The normalized spacial score (nSPS) is 10.5. The van der Waals surface area contributed by atoms with Gasteiger partial charge in [-0.3, -0.25) is 4.79 Å². The van der Waals surface area contributed by atoms with E-state index in [1.54, 1.807) is 24.3 Å². The fraction of sp³-hybridized carbons (Fsp3) is 0.167. The number of tetrazole rings is 1. The van der Waals surface area contributed by atoms with Crippen LogP contribution in [0.5, 0.6) is 5.75 Å². The molecule has 0 unspecified atom stereocenters. The number of rotatable bonds is 8. The molecule has 0 spiro atoms. The number of carboxylic acid groups (broad SMARTS) is 1. The minimum Gasteiger partial charge on any atom is -0.486 e. The van der Waals surface area contributed by atoms with Gasteiger partial charge in [-0.25, -0.2) is 4.79 Å². The van der Waals surface area contributed by atoms with E-state index in [0.717, 1.165) is 5.56 Å². The number of hydrogen-bond donors (Lipinski definition) is 2. The lowest BCUT2D eigenvalue weighted by Crippen LogP contribution is -2.14. The number of carbonyl (C=O) groups excluding carboxylic acids is 1. The van der Waals surface area contributed by atoms with Crippen molar-refractivity contribution in [2.75, 3.05) is 6.61 Å². The summed E-state index contributed by atoms with van der Waals surface area (Å²) in [5, 5.41) is 22.7. The highest BCUT2D eigenvalue weighted by Crippen LogP contribution is 2.14. The smallest absolute Gasteiger partial charge is 0.335 e. The zero-order valence-electron chi connectivity index (χ0n) is 13.8. The summed E-state index contributed by atoms with van der Waals surface area (Å²) < 4.78 is 5.49. The van der Waals surface area contributed by atoms with Crippen LogP contribution in [0.1, 0.15) is 27.3 Å². The molecule has 0 aliphatic heterocycles. The number of nitrogens with one attached hydrogen (secondary N) is 1. The molecule has 2 N–H and O–H groups in total. The summed E-state index contributed by atoms with van der Waals surface area (Å²) in [4.78, 5) is 23.0. The number of ether oxygens (including phenoxy) is 1. The first kappa shape index (κ1) is 17.3. The first-order chi connectivity index (χ1) is 12.6. The van der Waals surface area contributed by atoms with Crippen LogP contribution in [-0.2, 0) is 17.6 Å². The van der Waals surface area contributed by atoms with Gasteiger partial charge in [-0.2, -0.15) is 5.21 Å². The lowest BCUT2D eigenvalue weighted by atomic mass is 10.1. The predicted molar refractivity (Wildman–Crippen MR) is 91.0 cm³/mol. The molecular formula is C18H16N4O4. The van der Waals surface area contributed by atoms with Crippen molar-refractivity contribution in [2.24, 2.45) is 0 Å². The van der Waals surface area contributed by atoms with E-state index in [0.29, 0.717) is 23.6 Å². The Morgan fingerprint density at radius 3 is 2.58 bits per heavy atom. The largest absolute Gasteiger partial charge is 0.486 e. The molecule has 0 aliphatic rings. The van der Waals surface area contributed by atoms with E-state index in [2.05, 4.69) is 20.6 Å². The maximum atomic E-state index is 12.0. The van der Waals surface area contributed by atoms with Crippen LogP contribution in [0.3, 0.4) is 0 Å². The Hall–Kier alpha value is -3.55. The highest BCUT2D eigenvalue weighted by molar-refractivity contribution is 5.88. The number of carboxylic acids is 1. The van der Waals surface area contributed by atoms with Crippen LogP contribution in [0.25, 0.3) is 0 Å². The third-order valence-electron chi connectivity index (χ3n) is 3.65. The summed E-state index contributed by atoms with van der Waals surface area (Å²) in [5.74, 6) is 0.0202. The lowest BCUT2D eigenvalue weighted by molar-refractivity contribution is -0.120. The Balaban J connectivity index is 1.51. The summed E-state index contributed by atoms with van der Waals surface area (Å²) in [6.07, 6.45) is 0.673. The van der Waals surface area contributed by atoms with E-state index < -0.39 is 5.97 Å². The van der Waals surface area contributed by atoms with Crippen molar-refractivity contribution in [3.05, 3.63) is 71.0 Å². The number of H-pyrrole nitrogens is 1. The number of aromatic nitrogens is 4. The van der Waals surface area contributed by atoms with Gasteiger partial charge in [0.05, 0.1) is 5.56 Å². The first-order valence-electron chi connectivity index (χ1n) is 7.88. The van der Waals surface area contributed by atoms with Crippen LogP contribution < -0.4 is 4.74 Å². The number of carbonyl (C=O) groups is 2. The topological polar surface area (TPSA) is 118 Å². The molecule has 3 rings (SSSR count). The molecule has 1 aromatic heterocycles. The van der Waals surface area contributed by atoms with Gasteiger partial charge in [0.2, 0.25) is 0 Å². The molecule has 0 bridgehead atoms. The monoisotopic (exact) mass is 352 g/mol. The molecule has 26 heavy (non-hydrogen) atoms. The average Bonchev–Trinajstić information content (AvgIpc) is 3.14. The fourth-order valence-corrected chi connectivity index (χ4v) is 2.40. The van der Waals surface area contributed by atoms with Crippen LogP contribution >= 0.6 is 0 Å². The first-order valence-corrected chi connectivity index (χ1v) is 7.88. The Morgan fingerprint density at radius 2 is 1.88 bits per heavy atom. The van der Waals surface area contributed by atoms with Crippen molar-refractivity contribution < 1.29 is 19.4 Å². The van der Waals surface area contributed by atoms with Crippen molar-refractivity contribution in [1.82, 2.24) is 20.6 Å². The van der Waals surface area contributed by atoms with Gasteiger partial charge >= 0.3 is 5.97 Å². The van der Waals surface area contributed by atoms with Crippen LogP contribution in [0.15, 0.2) is 48.5 Å². The number of ketones is 1. The quantitative estimate of drug-likeness (QED) is 0.633. The minimum atomic E-state index is -1.02. The number of nitrogens with zero attached hydrogens (tertiary/aromatic N) is 3. The van der Waals surface area contributed by atoms with Crippen molar-refractivity contribution >= 4 is 11.8 Å². The molecule has 1 heterocycles. The predicted octanol–water partition coefficient (Wildman–Crippen LogP) is 1.68. The van der Waals surface area contributed by atoms with E-state index in [1.165, 1.54) is 12.1 Å². The number of Topliss-reactive ketones (excluding diaryl/α,β-unsaturated/α-hetero) is 1.